The topological polar surface area (TPSA) is 85.4 Å². The van der Waals surface area contributed by atoms with Gasteiger partial charge in [0.05, 0.1) is 23.9 Å². The van der Waals surface area contributed by atoms with Crippen LogP contribution >= 0.6 is 0 Å². The molecule has 0 saturated heterocycles. The molecular weight excluding hydrogens is 352 g/mol. The fraction of sp³-hybridized carbons (Fsp3) is 0.158. The predicted octanol–water partition coefficient (Wildman–Crippen LogP) is 3.44. The van der Waals surface area contributed by atoms with E-state index in [9.17, 15) is 13.2 Å². The summed E-state index contributed by atoms with van der Waals surface area (Å²) in [6.45, 7) is 3.65. The Bertz CT molecular complexity index is 1110. The number of hydrogen-bond acceptors (Lipinski definition) is 5. The Hall–Kier alpha value is -2.93. The molecule has 3 rings (SSSR count). The zero-order valence-corrected chi connectivity index (χ0v) is 15.4. The fourth-order valence-corrected chi connectivity index (χ4v) is 3.94. The van der Waals surface area contributed by atoms with E-state index in [0.29, 0.717) is 16.8 Å². The smallest absolute Gasteiger partial charge is 0.337 e. The Balaban J connectivity index is 2.07. The second-order valence-corrected chi connectivity index (χ2v) is 7.62. The first kappa shape index (κ1) is 17.9. The minimum absolute atomic E-state index is 0.0814. The molecule has 7 heteroatoms. The number of nitrogens with one attached hydrogen (secondary N) is 1. The van der Waals surface area contributed by atoms with Crippen LogP contribution in [0.15, 0.2) is 53.6 Å². The molecule has 0 atom stereocenters. The van der Waals surface area contributed by atoms with Crippen molar-refractivity contribution in [3.8, 4) is 0 Å². The van der Waals surface area contributed by atoms with Gasteiger partial charge in [-0.1, -0.05) is 18.2 Å². The number of sulfonamides is 1. The summed E-state index contributed by atoms with van der Waals surface area (Å²) in [7, 11) is -2.62. The van der Waals surface area contributed by atoms with Crippen LogP contribution in [-0.2, 0) is 14.8 Å². The molecule has 6 nitrogen and oxygen atoms in total. The van der Waals surface area contributed by atoms with Crippen molar-refractivity contribution in [2.24, 2.45) is 0 Å². The van der Waals surface area contributed by atoms with E-state index < -0.39 is 16.0 Å². The molecule has 0 bridgehead atoms. The molecule has 0 amide bonds. The van der Waals surface area contributed by atoms with Gasteiger partial charge in [-0.05, 0) is 49.2 Å². The Kier molecular flexibility index (Phi) is 4.65. The lowest BCUT2D eigenvalue weighted by Crippen LogP contribution is -2.15. The van der Waals surface area contributed by atoms with E-state index in [0.717, 1.165) is 10.9 Å². The number of anilines is 1. The normalized spacial score (nSPS) is 11.3. The number of aryl methyl sites for hydroxylation is 2. The van der Waals surface area contributed by atoms with Crippen molar-refractivity contribution in [1.82, 2.24) is 4.98 Å². The summed E-state index contributed by atoms with van der Waals surface area (Å²) < 4.78 is 33.1. The van der Waals surface area contributed by atoms with Gasteiger partial charge in [-0.2, -0.15) is 0 Å². The van der Waals surface area contributed by atoms with Gasteiger partial charge in [-0.3, -0.25) is 9.71 Å². The monoisotopic (exact) mass is 370 g/mol. The van der Waals surface area contributed by atoms with E-state index in [1.165, 1.54) is 19.2 Å². The number of ether oxygens (including phenoxy) is 1. The summed E-state index contributed by atoms with van der Waals surface area (Å²) in [5.74, 6) is -0.534. The molecule has 0 aliphatic heterocycles. The summed E-state index contributed by atoms with van der Waals surface area (Å²) >= 11 is 0. The maximum Gasteiger partial charge on any atom is 0.337 e. The van der Waals surface area contributed by atoms with Gasteiger partial charge in [0.15, 0.2) is 0 Å². The highest BCUT2D eigenvalue weighted by Crippen LogP contribution is 2.26. The van der Waals surface area contributed by atoms with Gasteiger partial charge in [-0.25, -0.2) is 13.2 Å². The molecular formula is C19H18N2O4S. The van der Waals surface area contributed by atoms with E-state index >= 15 is 0 Å². The first-order valence-corrected chi connectivity index (χ1v) is 9.37. The van der Waals surface area contributed by atoms with E-state index in [1.807, 2.05) is 19.1 Å². The number of aromatic nitrogens is 1. The maximum atomic E-state index is 12.9. The molecule has 1 heterocycles. The number of carbonyl (C=O) groups excluding carboxylic acids is 1. The Morgan fingerprint density at radius 1 is 1.12 bits per heavy atom. The molecule has 0 aliphatic rings. The van der Waals surface area contributed by atoms with Crippen LogP contribution in [-0.4, -0.2) is 26.5 Å². The van der Waals surface area contributed by atoms with Crippen molar-refractivity contribution in [2.45, 2.75) is 18.7 Å². The molecule has 0 unspecified atom stereocenters. The van der Waals surface area contributed by atoms with E-state index in [1.54, 1.807) is 31.3 Å². The highest BCUT2D eigenvalue weighted by molar-refractivity contribution is 7.93. The van der Waals surface area contributed by atoms with Gasteiger partial charge in [0.1, 0.15) is 4.90 Å². The summed E-state index contributed by atoms with van der Waals surface area (Å²) in [5.41, 5.74) is 2.61. The van der Waals surface area contributed by atoms with Crippen molar-refractivity contribution in [1.29, 1.82) is 0 Å². The van der Waals surface area contributed by atoms with Crippen molar-refractivity contribution >= 4 is 32.6 Å². The van der Waals surface area contributed by atoms with Gasteiger partial charge in [-0.15, -0.1) is 0 Å². The van der Waals surface area contributed by atoms with Crippen LogP contribution < -0.4 is 4.72 Å². The van der Waals surface area contributed by atoms with Crippen molar-refractivity contribution in [3.63, 3.8) is 0 Å². The fourth-order valence-electron chi connectivity index (χ4n) is 2.64. The van der Waals surface area contributed by atoms with Crippen molar-refractivity contribution in [2.75, 3.05) is 11.8 Å². The number of nitrogens with zero attached hydrogens (tertiary/aromatic N) is 1. The zero-order chi connectivity index (χ0) is 18.9. The van der Waals surface area contributed by atoms with Gasteiger partial charge < -0.3 is 4.74 Å². The van der Waals surface area contributed by atoms with E-state index in [4.69, 9.17) is 0 Å². The third kappa shape index (κ3) is 3.39. The number of para-hydroxylation sites is 1. The quantitative estimate of drug-likeness (QED) is 0.711. The molecule has 3 aromatic rings. The minimum atomic E-state index is -3.89. The molecule has 134 valence electrons. The Labute approximate surface area is 151 Å². The largest absolute Gasteiger partial charge is 0.465 e. The number of fused-ring (bicyclic) bond motifs is 1. The molecule has 0 radical (unpaired) electrons. The highest BCUT2D eigenvalue weighted by atomic mass is 32.2. The highest BCUT2D eigenvalue weighted by Gasteiger charge is 2.20. The summed E-state index contributed by atoms with van der Waals surface area (Å²) in [4.78, 5) is 16.1. The molecule has 0 aliphatic carbocycles. The van der Waals surface area contributed by atoms with Crippen LogP contribution in [0.3, 0.4) is 0 Å². The third-order valence-corrected chi connectivity index (χ3v) is 5.40. The average molecular weight is 370 g/mol. The lowest BCUT2D eigenvalue weighted by molar-refractivity contribution is 0.0601. The van der Waals surface area contributed by atoms with Gasteiger partial charge in [0.25, 0.3) is 10.0 Å². The Morgan fingerprint density at radius 2 is 1.88 bits per heavy atom. The SMILES string of the molecule is COC(=O)c1ccc(C)c(NS(=O)(=O)c2cccc3cc(C)cnc23)c1. The molecule has 0 fully saturated rings. The zero-order valence-electron chi connectivity index (χ0n) is 14.6. The van der Waals surface area contributed by atoms with Crippen LogP contribution in [0.1, 0.15) is 21.5 Å². The number of esters is 1. The number of pyridine rings is 1. The summed E-state index contributed by atoms with van der Waals surface area (Å²) in [5, 5.41) is 0.743. The lowest BCUT2D eigenvalue weighted by Gasteiger charge is -2.13. The van der Waals surface area contributed by atoms with E-state index in [-0.39, 0.29) is 10.5 Å². The lowest BCUT2D eigenvalue weighted by atomic mass is 10.1. The molecule has 0 saturated carbocycles. The van der Waals surface area contributed by atoms with Crippen LogP contribution in [0, 0.1) is 13.8 Å². The first-order valence-electron chi connectivity index (χ1n) is 7.89. The molecule has 0 spiro atoms. The minimum Gasteiger partial charge on any atom is -0.465 e. The molecule has 1 aromatic heterocycles. The molecule has 1 N–H and O–H groups in total. The number of rotatable bonds is 4. The van der Waals surface area contributed by atoms with Gasteiger partial charge in [0.2, 0.25) is 0 Å². The Morgan fingerprint density at radius 3 is 2.62 bits per heavy atom. The number of benzene rings is 2. The number of carbonyl (C=O) groups is 1. The van der Waals surface area contributed by atoms with Crippen LogP contribution in [0.5, 0.6) is 0 Å². The molecule has 26 heavy (non-hydrogen) atoms. The van der Waals surface area contributed by atoms with E-state index in [2.05, 4.69) is 14.4 Å². The van der Waals surface area contributed by atoms with Crippen molar-refractivity contribution in [3.05, 3.63) is 65.4 Å². The van der Waals surface area contributed by atoms with Gasteiger partial charge in [0, 0.05) is 11.6 Å². The van der Waals surface area contributed by atoms with Crippen molar-refractivity contribution < 1.29 is 17.9 Å². The molecule has 2 aromatic carbocycles. The van der Waals surface area contributed by atoms with Crippen LogP contribution in [0.4, 0.5) is 5.69 Å². The maximum absolute atomic E-state index is 12.9. The van der Waals surface area contributed by atoms with Crippen LogP contribution in [0.25, 0.3) is 10.9 Å². The first-order chi connectivity index (χ1) is 12.3. The second kappa shape index (κ2) is 6.76. The summed E-state index contributed by atoms with van der Waals surface area (Å²) in [6.07, 6.45) is 1.63. The van der Waals surface area contributed by atoms with Crippen LogP contribution in [0.2, 0.25) is 0 Å². The second-order valence-electron chi connectivity index (χ2n) is 5.97. The predicted molar refractivity (Wildman–Crippen MR) is 99.8 cm³/mol. The van der Waals surface area contributed by atoms with Gasteiger partial charge >= 0.3 is 5.97 Å². The standard InChI is InChI=1S/C19H18N2O4S/c1-12-9-14-5-4-6-17(18(14)20-11-12)26(23,24)21-16-10-15(19(22)25-3)8-7-13(16)2/h4-11,21H,1-3H3. The summed E-state index contributed by atoms with van der Waals surface area (Å²) in [6, 6.07) is 11.6. The number of hydrogen-bond donors (Lipinski definition) is 1. The number of methoxy groups -OCH3 is 1. The average Bonchev–Trinajstić information content (AvgIpc) is 2.61. The third-order valence-electron chi connectivity index (χ3n) is 4.00.